The van der Waals surface area contributed by atoms with Gasteiger partial charge in [-0.3, -0.25) is 5.32 Å². The number of hydrogen-bond acceptors (Lipinski definition) is 4. The van der Waals surface area contributed by atoms with E-state index in [4.69, 9.17) is 9.47 Å². The molecule has 0 radical (unpaired) electrons. The predicted octanol–water partition coefficient (Wildman–Crippen LogP) is 5.33. The molecule has 2 N–H and O–H groups in total. The molecule has 0 bridgehead atoms. The van der Waals surface area contributed by atoms with Crippen LogP contribution in [0.4, 0.5) is 23.7 Å². The van der Waals surface area contributed by atoms with E-state index in [2.05, 4.69) is 5.32 Å². The molecule has 0 spiro atoms. The Morgan fingerprint density at radius 2 is 1.76 bits per heavy atom. The zero-order chi connectivity index (χ0) is 24.9. The van der Waals surface area contributed by atoms with Crippen molar-refractivity contribution in [2.75, 3.05) is 11.9 Å². The molecule has 3 aromatic rings. The molecular formula is C24H25F3N2O5. The van der Waals surface area contributed by atoms with Crippen LogP contribution >= 0.6 is 0 Å². The average molecular weight is 478 g/mol. The highest BCUT2D eigenvalue weighted by molar-refractivity contribution is 5.85. The number of carbonyl (C=O) groups is 2. The molecule has 0 saturated heterocycles. The maximum atomic E-state index is 12.6. The number of carboxylic acids is 1. The van der Waals surface area contributed by atoms with Crippen LogP contribution in [0.1, 0.15) is 25.0 Å². The van der Waals surface area contributed by atoms with Gasteiger partial charge < -0.3 is 19.1 Å². The number of alkyl halides is 3. The quantitative estimate of drug-likeness (QED) is 0.434. The Labute approximate surface area is 194 Å². The molecule has 2 aromatic carbocycles. The second-order valence-electron chi connectivity index (χ2n) is 7.92. The highest BCUT2D eigenvalue weighted by Gasteiger charge is 2.30. The monoisotopic (exact) mass is 478 g/mol. The summed E-state index contributed by atoms with van der Waals surface area (Å²) in [4.78, 5) is 23.6. The Balaban J connectivity index is 1.63. The summed E-state index contributed by atoms with van der Waals surface area (Å²) in [5.41, 5.74) is 0.998. The Hall–Kier alpha value is -3.53. The van der Waals surface area contributed by atoms with Crippen LogP contribution in [0.2, 0.25) is 0 Å². The van der Waals surface area contributed by atoms with Crippen LogP contribution in [0.15, 0.2) is 54.7 Å². The number of carboxylic acid groups (broad SMARTS) is 1. The zero-order valence-electron chi connectivity index (χ0n) is 18.6. The van der Waals surface area contributed by atoms with Gasteiger partial charge in [-0.15, -0.1) is 0 Å². The minimum atomic E-state index is -4.46. The van der Waals surface area contributed by atoms with Crippen LogP contribution in [0, 0.1) is 0 Å². The SMILES string of the molecule is CC(C)OC(Cc1cn(CCOC(=O)Nc2ccc(C(F)(F)F)cc2)c2ccccc12)C(=O)O. The Bertz CT molecular complexity index is 1140. The zero-order valence-corrected chi connectivity index (χ0v) is 18.6. The van der Waals surface area contributed by atoms with Crippen molar-refractivity contribution in [2.24, 2.45) is 0 Å². The molecule has 0 aliphatic carbocycles. The van der Waals surface area contributed by atoms with Gasteiger partial charge in [0, 0.05) is 29.2 Å². The van der Waals surface area contributed by atoms with E-state index in [1.165, 1.54) is 0 Å². The van der Waals surface area contributed by atoms with Crippen LogP contribution in [0.3, 0.4) is 0 Å². The van der Waals surface area contributed by atoms with Crippen LogP contribution in [-0.2, 0) is 33.4 Å². The van der Waals surface area contributed by atoms with E-state index in [9.17, 15) is 27.9 Å². The van der Waals surface area contributed by atoms with Crippen LogP contribution < -0.4 is 5.32 Å². The third kappa shape index (κ3) is 6.50. The molecule has 1 amide bonds. The molecule has 1 heterocycles. The Morgan fingerprint density at radius 1 is 1.09 bits per heavy atom. The molecule has 34 heavy (non-hydrogen) atoms. The van der Waals surface area contributed by atoms with Crippen molar-refractivity contribution in [3.8, 4) is 0 Å². The number of hydrogen-bond donors (Lipinski definition) is 2. The maximum absolute atomic E-state index is 12.6. The summed E-state index contributed by atoms with van der Waals surface area (Å²) in [6, 6.07) is 11.5. The number of benzene rings is 2. The molecule has 10 heteroatoms. The molecule has 0 fully saturated rings. The summed E-state index contributed by atoms with van der Waals surface area (Å²) >= 11 is 0. The van der Waals surface area contributed by atoms with Crippen LogP contribution in [0.5, 0.6) is 0 Å². The van der Waals surface area contributed by atoms with Crippen molar-refractivity contribution in [2.45, 2.75) is 45.2 Å². The summed E-state index contributed by atoms with van der Waals surface area (Å²) < 4.78 is 50.4. The average Bonchev–Trinajstić information content (AvgIpc) is 3.10. The lowest BCUT2D eigenvalue weighted by Gasteiger charge is -2.16. The lowest BCUT2D eigenvalue weighted by molar-refractivity contribution is -0.153. The van der Waals surface area contributed by atoms with Crippen molar-refractivity contribution in [3.05, 3.63) is 65.9 Å². The number of para-hydroxylation sites is 1. The number of halogens is 3. The number of nitrogens with one attached hydrogen (secondary N) is 1. The standard InChI is InChI=1S/C24H25F3N2O5/c1-15(2)34-21(22(30)31)13-16-14-29(20-6-4-3-5-19(16)20)11-12-33-23(32)28-18-9-7-17(8-10-18)24(25,26)27/h3-10,14-15,21H,11-13H2,1-2H3,(H,28,32)(H,30,31). The lowest BCUT2D eigenvalue weighted by atomic mass is 10.1. The number of rotatable bonds is 9. The summed E-state index contributed by atoms with van der Waals surface area (Å²) in [6.45, 7) is 3.83. The molecule has 3 rings (SSSR count). The topological polar surface area (TPSA) is 89.8 Å². The largest absolute Gasteiger partial charge is 0.479 e. The highest BCUT2D eigenvalue weighted by atomic mass is 19.4. The Morgan fingerprint density at radius 3 is 2.38 bits per heavy atom. The number of carbonyl (C=O) groups excluding carboxylic acids is 1. The summed E-state index contributed by atoms with van der Waals surface area (Å²) in [6.07, 6.45) is -4.51. The first kappa shape index (κ1) is 25.1. The number of amides is 1. The number of fused-ring (bicyclic) bond motifs is 1. The van der Waals surface area contributed by atoms with E-state index in [0.29, 0.717) is 6.54 Å². The molecule has 1 aromatic heterocycles. The molecule has 0 aliphatic rings. The molecule has 1 unspecified atom stereocenters. The maximum Gasteiger partial charge on any atom is 0.416 e. The Kier molecular flexibility index (Phi) is 7.83. The number of aliphatic carboxylic acids is 1. The van der Waals surface area contributed by atoms with Crippen molar-refractivity contribution in [3.63, 3.8) is 0 Å². The molecular weight excluding hydrogens is 453 g/mol. The third-order valence-electron chi connectivity index (χ3n) is 5.01. The minimum absolute atomic E-state index is 0.00453. The van der Waals surface area contributed by atoms with Crippen LogP contribution in [0.25, 0.3) is 10.9 Å². The molecule has 1 atom stereocenters. The van der Waals surface area contributed by atoms with E-state index in [0.717, 1.165) is 40.7 Å². The number of nitrogens with zero attached hydrogens (tertiary/aromatic N) is 1. The van der Waals surface area contributed by atoms with E-state index >= 15 is 0 Å². The fraction of sp³-hybridized carbons (Fsp3) is 0.333. The smallest absolute Gasteiger partial charge is 0.416 e. The molecule has 0 aliphatic heterocycles. The summed E-state index contributed by atoms with van der Waals surface area (Å²) in [5, 5.41) is 12.7. The second kappa shape index (κ2) is 10.6. The first-order chi connectivity index (χ1) is 16.0. The number of anilines is 1. The van der Waals surface area contributed by atoms with Gasteiger partial charge in [-0.1, -0.05) is 18.2 Å². The van der Waals surface area contributed by atoms with Gasteiger partial charge in [0.05, 0.1) is 18.2 Å². The van der Waals surface area contributed by atoms with Crippen LogP contribution in [-0.4, -0.2) is 40.6 Å². The fourth-order valence-corrected chi connectivity index (χ4v) is 3.53. The normalized spacial score (nSPS) is 12.6. The second-order valence-corrected chi connectivity index (χ2v) is 7.92. The van der Waals surface area contributed by atoms with E-state index in [1.807, 2.05) is 28.8 Å². The molecule has 182 valence electrons. The van der Waals surface area contributed by atoms with Gasteiger partial charge in [0.15, 0.2) is 6.10 Å². The van der Waals surface area contributed by atoms with Gasteiger partial charge in [-0.05, 0) is 49.7 Å². The van der Waals surface area contributed by atoms with Gasteiger partial charge >= 0.3 is 18.2 Å². The van der Waals surface area contributed by atoms with Crippen molar-refractivity contribution < 1.29 is 37.3 Å². The van der Waals surface area contributed by atoms with Crippen molar-refractivity contribution >= 4 is 28.7 Å². The third-order valence-corrected chi connectivity index (χ3v) is 5.01. The van der Waals surface area contributed by atoms with Gasteiger partial charge in [0.2, 0.25) is 0 Å². The van der Waals surface area contributed by atoms with E-state index in [-0.39, 0.29) is 24.8 Å². The van der Waals surface area contributed by atoms with Gasteiger partial charge in [-0.25, -0.2) is 9.59 Å². The fourth-order valence-electron chi connectivity index (χ4n) is 3.53. The first-order valence-electron chi connectivity index (χ1n) is 10.6. The van der Waals surface area contributed by atoms with Gasteiger partial charge in [-0.2, -0.15) is 13.2 Å². The van der Waals surface area contributed by atoms with Crippen molar-refractivity contribution in [1.82, 2.24) is 4.57 Å². The van der Waals surface area contributed by atoms with Gasteiger partial charge in [0.25, 0.3) is 0 Å². The lowest BCUT2D eigenvalue weighted by Crippen LogP contribution is -2.29. The molecule has 7 nitrogen and oxygen atoms in total. The summed E-state index contributed by atoms with van der Waals surface area (Å²) in [7, 11) is 0. The van der Waals surface area contributed by atoms with E-state index < -0.39 is 29.9 Å². The first-order valence-corrected chi connectivity index (χ1v) is 10.6. The highest BCUT2D eigenvalue weighted by Crippen LogP contribution is 2.30. The molecule has 0 saturated carbocycles. The predicted molar refractivity (Wildman–Crippen MR) is 120 cm³/mol. The van der Waals surface area contributed by atoms with Gasteiger partial charge in [0.1, 0.15) is 6.61 Å². The minimum Gasteiger partial charge on any atom is -0.479 e. The number of ether oxygens (including phenoxy) is 2. The van der Waals surface area contributed by atoms with E-state index in [1.54, 1.807) is 20.0 Å². The summed E-state index contributed by atoms with van der Waals surface area (Å²) in [5.74, 6) is -1.05. The number of aromatic nitrogens is 1. The van der Waals surface area contributed by atoms with Crippen molar-refractivity contribution in [1.29, 1.82) is 0 Å².